The molecule has 258 valence electrons. The zero-order chi connectivity index (χ0) is 34.9. The highest BCUT2D eigenvalue weighted by molar-refractivity contribution is 7.92. The lowest BCUT2D eigenvalue weighted by molar-refractivity contribution is 0.0508. The van der Waals surface area contributed by atoms with Crippen molar-refractivity contribution in [2.75, 3.05) is 24.5 Å². The maximum atomic E-state index is 14.5. The van der Waals surface area contributed by atoms with Crippen LogP contribution in [0.3, 0.4) is 0 Å². The van der Waals surface area contributed by atoms with Crippen LogP contribution in [0.5, 0.6) is 5.88 Å². The number of hydrogen-bond donors (Lipinski definition) is 1. The number of aryl methyl sites for hydroxylation is 2. The van der Waals surface area contributed by atoms with Gasteiger partial charge in [0.1, 0.15) is 6.61 Å². The van der Waals surface area contributed by atoms with Crippen molar-refractivity contribution >= 4 is 21.9 Å². The molecule has 1 fully saturated rings. The molecule has 1 N–H and O–H groups in total. The van der Waals surface area contributed by atoms with Gasteiger partial charge in [-0.15, -0.1) is 0 Å². The Kier molecular flexibility index (Phi) is 9.77. The molecule has 1 amide bonds. The molecule has 4 heterocycles. The van der Waals surface area contributed by atoms with Crippen LogP contribution in [0.4, 0.5) is 5.95 Å². The first-order valence-corrected chi connectivity index (χ1v) is 18.3. The molecule has 2 aromatic heterocycles. The number of amides is 1. The summed E-state index contributed by atoms with van der Waals surface area (Å²) in [6.07, 6.45) is 4.43. The van der Waals surface area contributed by atoms with Crippen LogP contribution in [0.15, 0.2) is 65.7 Å². The van der Waals surface area contributed by atoms with E-state index in [-0.39, 0.29) is 46.8 Å². The second kappa shape index (κ2) is 13.9. The number of anilines is 1. The summed E-state index contributed by atoms with van der Waals surface area (Å²) in [6.45, 7) is 14.1. The first kappa shape index (κ1) is 34.5. The van der Waals surface area contributed by atoms with Gasteiger partial charge in [0.2, 0.25) is 11.8 Å². The van der Waals surface area contributed by atoms with Crippen molar-refractivity contribution in [2.24, 2.45) is 5.41 Å². The minimum atomic E-state index is -4.17. The van der Waals surface area contributed by atoms with Crippen LogP contribution in [0.1, 0.15) is 84.3 Å². The number of carbonyl (C=O) groups is 1. The molecule has 1 atom stereocenters. The highest BCUT2D eigenvalue weighted by Crippen LogP contribution is 2.35. The third-order valence-corrected chi connectivity index (χ3v) is 10.6. The second-order valence-corrected chi connectivity index (χ2v) is 16.0. The molecule has 0 unspecified atom stereocenters. The van der Waals surface area contributed by atoms with Gasteiger partial charge in [-0.2, -0.15) is 4.98 Å². The predicted octanol–water partition coefficient (Wildman–Crippen LogP) is 7.00. The van der Waals surface area contributed by atoms with Gasteiger partial charge in [0.25, 0.3) is 15.9 Å². The first-order chi connectivity index (χ1) is 23.3. The molecule has 4 bridgehead atoms. The number of ether oxygens (including phenoxy) is 2. The number of fused-ring (bicyclic) bond motifs is 4. The average Bonchev–Trinajstić information content (AvgIpc) is 3.07. The zero-order valence-corrected chi connectivity index (χ0v) is 29.9. The van der Waals surface area contributed by atoms with Gasteiger partial charge < -0.3 is 14.4 Å². The van der Waals surface area contributed by atoms with Crippen molar-refractivity contribution in [3.05, 3.63) is 94.3 Å². The lowest BCUT2D eigenvalue weighted by atomic mass is 9.87. The van der Waals surface area contributed by atoms with Crippen molar-refractivity contribution in [2.45, 2.75) is 84.2 Å². The summed E-state index contributed by atoms with van der Waals surface area (Å²) < 4.78 is 42.1. The Labute approximate surface area is 289 Å². The summed E-state index contributed by atoms with van der Waals surface area (Å²) in [5, 5.41) is 0. The van der Waals surface area contributed by atoms with Crippen molar-refractivity contribution in [1.29, 1.82) is 0 Å². The fourth-order valence-corrected chi connectivity index (χ4v) is 7.73. The Morgan fingerprint density at radius 2 is 1.67 bits per heavy atom. The van der Waals surface area contributed by atoms with Gasteiger partial charge in [-0.1, -0.05) is 51.1 Å². The lowest BCUT2D eigenvalue weighted by Gasteiger charge is -2.35. The number of rotatable bonds is 5. The summed E-state index contributed by atoms with van der Waals surface area (Å²) in [5.41, 5.74) is 6.09. The van der Waals surface area contributed by atoms with E-state index in [1.54, 1.807) is 17.0 Å². The first-order valence-electron chi connectivity index (χ1n) is 16.8. The SMILES string of the molecule is Cc1cccc(C)c1-c1nc2nc(c1C)OC[C@@H](CC(C)(C)C)N(Cc1ccc(C3CCOCC3)cn1)C(=O)c1cccc(c1)S(=O)(=O)N2. The van der Waals surface area contributed by atoms with E-state index in [2.05, 4.69) is 36.5 Å². The fraction of sp³-hybridized carbons (Fsp3) is 0.421. The van der Waals surface area contributed by atoms with Crippen LogP contribution >= 0.6 is 0 Å². The summed E-state index contributed by atoms with van der Waals surface area (Å²) >= 11 is 0. The number of nitrogens with zero attached hydrogens (tertiary/aromatic N) is 4. The number of pyridine rings is 1. The van der Waals surface area contributed by atoms with Gasteiger partial charge >= 0.3 is 0 Å². The van der Waals surface area contributed by atoms with E-state index in [9.17, 15) is 13.2 Å². The van der Waals surface area contributed by atoms with E-state index in [4.69, 9.17) is 19.4 Å². The number of nitrogens with one attached hydrogen (secondary N) is 1. The molecular weight excluding hydrogens is 639 g/mol. The summed E-state index contributed by atoms with van der Waals surface area (Å²) in [6, 6.07) is 15.7. The molecular formula is C38H45N5O5S. The molecule has 49 heavy (non-hydrogen) atoms. The van der Waals surface area contributed by atoms with Crippen LogP contribution < -0.4 is 9.46 Å². The zero-order valence-electron chi connectivity index (χ0n) is 29.1. The van der Waals surface area contributed by atoms with Crippen LogP contribution in [-0.4, -0.2) is 60.0 Å². The standard InChI is InChI=1S/C38H45N5O5S/c1-24-9-7-10-25(2)33(24)34-26(3)35-41-37(40-34)42-49(45,46)32-12-8-11-28(19-32)36(44)43(31(23-48-35)20-38(4,5)6)22-30-14-13-29(21-39-30)27-15-17-47-18-16-27/h7-14,19,21,27,31H,15-18,20,22-23H2,1-6H3,(H,40,41,42)/t31-/m1/s1. The van der Waals surface area contributed by atoms with Crippen molar-refractivity contribution in [3.63, 3.8) is 0 Å². The molecule has 11 heteroatoms. The molecule has 0 aliphatic carbocycles. The van der Waals surface area contributed by atoms with Gasteiger partial charge in [0.15, 0.2) is 0 Å². The lowest BCUT2D eigenvalue weighted by Crippen LogP contribution is -2.45. The molecule has 6 rings (SSSR count). The maximum Gasteiger partial charge on any atom is 0.264 e. The highest BCUT2D eigenvalue weighted by Gasteiger charge is 2.32. The highest BCUT2D eigenvalue weighted by atomic mass is 32.2. The number of aromatic nitrogens is 3. The average molecular weight is 684 g/mol. The van der Waals surface area contributed by atoms with Gasteiger partial charge in [0, 0.05) is 36.1 Å². The summed E-state index contributed by atoms with van der Waals surface area (Å²) in [4.78, 5) is 30.3. The van der Waals surface area contributed by atoms with E-state index in [0.29, 0.717) is 23.6 Å². The topological polar surface area (TPSA) is 124 Å². The van der Waals surface area contributed by atoms with E-state index in [1.807, 2.05) is 51.2 Å². The minimum Gasteiger partial charge on any atom is -0.475 e. The van der Waals surface area contributed by atoms with Gasteiger partial charge in [-0.3, -0.25) is 9.78 Å². The monoisotopic (exact) mass is 683 g/mol. The predicted molar refractivity (Wildman–Crippen MR) is 189 cm³/mol. The number of carbonyl (C=O) groups excluding carboxylic acids is 1. The largest absolute Gasteiger partial charge is 0.475 e. The van der Waals surface area contributed by atoms with Crippen molar-refractivity contribution in [3.8, 4) is 17.1 Å². The third kappa shape index (κ3) is 7.78. The summed E-state index contributed by atoms with van der Waals surface area (Å²) in [5.74, 6) is 0.237. The fourth-order valence-electron chi connectivity index (χ4n) is 6.74. The molecule has 10 nitrogen and oxygen atoms in total. The molecule has 2 aromatic carbocycles. The maximum absolute atomic E-state index is 14.5. The molecule has 0 radical (unpaired) electrons. The molecule has 2 aliphatic heterocycles. The number of benzene rings is 2. The third-order valence-electron chi connectivity index (χ3n) is 9.27. The molecule has 1 saturated heterocycles. The van der Waals surface area contributed by atoms with E-state index in [0.717, 1.165) is 54.0 Å². The van der Waals surface area contributed by atoms with Gasteiger partial charge in [-0.25, -0.2) is 18.1 Å². The van der Waals surface area contributed by atoms with Crippen LogP contribution in [0, 0.1) is 26.2 Å². The van der Waals surface area contributed by atoms with Crippen LogP contribution in [-0.2, 0) is 21.3 Å². The second-order valence-electron chi connectivity index (χ2n) is 14.4. The van der Waals surface area contributed by atoms with Crippen LogP contribution in [0.2, 0.25) is 0 Å². The minimum absolute atomic E-state index is 0.0656. The Bertz CT molecular complexity index is 1930. The van der Waals surface area contributed by atoms with E-state index in [1.165, 1.54) is 12.1 Å². The van der Waals surface area contributed by atoms with Crippen LogP contribution in [0.25, 0.3) is 11.3 Å². The molecule has 2 aliphatic rings. The Morgan fingerprint density at radius 3 is 2.35 bits per heavy atom. The number of hydrogen-bond acceptors (Lipinski definition) is 8. The Hall–Kier alpha value is -4.35. The van der Waals surface area contributed by atoms with E-state index >= 15 is 0 Å². The van der Waals surface area contributed by atoms with E-state index < -0.39 is 16.1 Å². The quantitative estimate of drug-likeness (QED) is 0.239. The molecule has 4 aromatic rings. The van der Waals surface area contributed by atoms with Crippen molar-refractivity contribution in [1.82, 2.24) is 19.9 Å². The van der Waals surface area contributed by atoms with Crippen molar-refractivity contribution < 1.29 is 22.7 Å². The van der Waals surface area contributed by atoms with Gasteiger partial charge in [-0.05, 0) is 92.3 Å². The Morgan fingerprint density at radius 1 is 0.959 bits per heavy atom. The smallest absolute Gasteiger partial charge is 0.264 e. The normalized spacial score (nSPS) is 18.4. The summed E-state index contributed by atoms with van der Waals surface area (Å²) in [7, 11) is -4.17. The molecule has 0 saturated carbocycles. The number of sulfonamides is 1. The van der Waals surface area contributed by atoms with Gasteiger partial charge in [0.05, 0.1) is 28.9 Å². The molecule has 0 spiro atoms. The Balaban J connectivity index is 1.46.